The highest BCUT2D eigenvalue weighted by Crippen LogP contribution is 2.19. The second-order valence-electron chi connectivity index (χ2n) is 5.44. The molecule has 0 aromatic carbocycles. The van der Waals surface area contributed by atoms with E-state index in [9.17, 15) is 18.0 Å². The van der Waals surface area contributed by atoms with Crippen molar-refractivity contribution in [3.05, 3.63) is 30.1 Å². The molecule has 0 N–H and O–H groups in total. The predicted molar refractivity (Wildman–Crippen MR) is 83.6 cm³/mol. The van der Waals surface area contributed by atoms with E-state index in [1.807, 2.05) is 0 Å². The molecule has 1 aromatic rings. The van der Waals surface area contributed by atoms with E-state index in [1.54, 1.807) is 19.1 Å². The molecule has 2 atom stereocenters. The molecule has 1 aliphatic heterocycles. The van der Waals surface area contributed by atoms with Gasteiger partial charge in [-0.2, -0.15) is 0 Å². The number of aromatic nitrogens is 1. The van der Waals surface area contributed by atoms with Crippen LogP contribution in [-0.4, -0.2) is 60.4 Å². The van der Waals surface area contributed by atoms with Crippen LogP contribution in [0.3, 0.4) is 0 Å². The largest absolute Gasteiger partial charge is 0.448 e. The topological polar surface area (TPSA) is 93.6 Å². The van der Waals surface area contributed by atoms with Gasteiger partial charge >= 0.3 is 5.97 Å². The highest BCUT2D eigenvalue weighted by atomic mass is 32.2. The van der Waals surface area contributed by atoms with Crippen molar-refractivity contribution in [1.29, 1.82) is 0 Å². The predicted octanol–water partition coefficient (Wildman–Crippen LogP) is 0.663. The van der Waals surface area contributed by atoms with Crippen molar-refractivity contribution >= 4 is 21.7 Å². The number of sulfone groups is 1. The van der Waals surface area contributed by atoms with Crippen molar-refractivity contribution in [2.24, 2.45) is 0 Å². The molecule has 0 spiro atoms. The van der Waals surface area contributed by atoms with Gasteiger partial charge in [-0.3, -0.25) is 4.79 Å². The van der Waals surface area contributed by atoms with Gasteiger partial charge in [-0.1, -0.05) is 6.07 Å². The Morgan fingerprint density at radius 3 is 2.70 bits per heavy atom. The molecule has 1 amide bonds. The molecule has 2 rings (SSSR count). The first kappa shape index (κ1) is 17.4. The fourth-order valence-corrected chi connectivity index (χ4v) is 4.33. The number of hydrogen-bond acceptors (Lipinski definition) is 6. The van der Waals surface area contributed by atoms with Crippen LogP contribution >= 0.6 is 0 Å². The molecule has 0 unspecified atom stereocenters. The third-order valence-corrected chi connectivity index (χ3v) is 5.53. The Hall–Kier alpha value is -1.96. The molecule has 1 fully saturated rings. The third-order valence-electron chi connectivity index (χ3n) is 3.78. The van der Waals surface area contributed by atoms with Crippen molar-refractivity contribution in [3.8, 4) is 0 Å². The Labute approximate surface area is 135 Å². The van der Waals surface area contributed by atoms with Crippen LogP contribution in [0.5, 0.6) is 0 Å². The van der Waals surface area contributed by atoms with Crippen molar-refractivity contribution in [3.63, 3.8) is 0 Å². The number of esters is 1. The number of nitrogens with zero attached hydrogens (tertiary/aromatic N) is 2. The van der Waals surface area contributed by atoms with Gasteiger partial charge in [-0.25, -0.2) is 18.2 Å². The minimum Gasteiger partial charge on any atom is -0.448 e. The Balaban J connectivity index is 2.01. The average molecular weight is 340 g/mol. The molecule has 7 nitrogen and oxygen atoms in total. The van der Waals surface area contributed by atoms with Gasteiger partial charge in [0.1, 0.15) is 5.69 Å². The Bertz CT molecular complexity index is 674. The van der Waals surface area contributed by atoms with E-state index >= 15 is 0 Å². The molecule has 0 bridgehead atoms. The van der Waals surface area contributed by atoms with Gasteiger partial charge in [0, 0.05) is 18.8 Å². The molecule has 1 saturated heterocycles. The van der Waals surface area contributed by atoms with E-state index in [1.165, 1.54) is 24.1 Å². The lowest BCUT2D eigenvalue weighted by Gasteiger charge is -2.29. The molecule has 1 aromatic heterocycles. The summed E-state index contributed by atoms with van der Waals surface area (Å²) in [6, 6.07) is 4.47. The second-order valence-corrected chi connectivity index (χ2v) is 7.67. The zero-order chi connectivity index (χ0) is 17.0. The fourth-order valence-electron chi connectivity index (χ4n) is 2.60. The summed E-state index contributed by atoms with van der Waals surface area (Å²) in [5, 5.41) is 0. The summed E-state index contributed by atoms with van der Waals surface area (Å²) in [6.45, 7) is 3.62. The summed E-state index contributed by atoms with van der Waals surface area (Å²) in [5.74, 6) is -1.02. The highest BCUT2D eigenvalue weighted by Gasteiger charge is 2.36. The molecular weight excluding hydrogens is 320 g/mol. The van der Waals surface area contributed by atoms with Crippen molar-refractivity contribution in [2.45, 2.75) is 32.4 Å². The Morgan fingerprint density at radius 1 is 1.43 bits per heavy atom. The lowest BCUT2D eigenvalue weighted by molar-refractivity contribution is -0.141. The van der Waals surface area contributed by atoms with Gasteiger partial charge in [0.2, 0.25) is 0 Å². The van der Waals surface area contributed by atoms with Gasteiger partial charge in [0.25, 0.3) is 5.91 Å². The Morgan fingerprint density at radius 2 is 2.17 bits per heavy atom. The summed E-state index contributed by atoms with van der Waals surface area (Å²) < 4.78 is 28.3. The second kappa shape index (κ2) is 7.08. The third kappa shape index (κ3) is 4.28. The van der Waals surface area contributed by atoms with Crippen LogP contribution in [0.15, 0.2) is 24.4 Å². The van der Waals surface area contributed by atoms with Crippen molar-refractivity contribution in [1.82, 2.24) is 9.88 Å². The SMILES string of the molecule is CCN(C(=O)[C@H](C)OC(=O)c1ccccn1)[C@@H]1CCS(=O)(=O)C1. The van der Waals surface area contributed by atoms with E-state index in [0.717, 1.165) is 0 Å². The number of pyridine rings is 1. The van der Waals surface area contributed by atoms with E-state index in [-0.39, 0.29) is 29.1 Å². The van der Waals surface area contributed by atoms with Crippen LogP contribution in [0.4, 0.5) is 0 Å². The van der Waals surface area contributed by atoms with Gasteiger partial charge in [0.05, 0.1) is 11.5 Å². The van der Waals surface area contributed by atoms with E-state index in [0.29, 0.717) is 13.0 Å². The van der Waals surface area contributed by atoms with Crippen LogP contribution in [0.1, 0.15) is 30.8 Å². The number of amides is 1. The molecule has 0 saturated carbocycles. The zero-order valence-corrected chi connectivity index (χ0v) is 14.0. The lowest BCUT2D eigenvalue weighted by Crippen LogP contribution is -2.46. The van der Waals surface area contributed by atoms with Crippen LogP contribution in [-0.2, 0) is 19.4 Å². The minimum atomic E-state index is -3.09. The number of ether oxygens (including phenoxy) is 1. The first-order valence-corrected chi connectivity index (χ1v) is 9.29. The van der Waals surface area contributed by atoms with Gasteiger partial charge in [0.15, 0.2) is 15.9 Å². The summed E-state index contributed by atoms with van der Waals surface area (Å²) in [5.41, 5.74) is 0.124. The molecule has 126 valence electrons. The van der Waals surface area contributed by atoms with Gasteiger partial charge < -0.3 is 9.64 Å². The van der Waals surface area contributed by atoms with Gasteiger partial charge in [-0.05, 0) is 32.4 Å². The quantitative estimate of drug-likeness (QED) is 0.731. The first-order chi connectivity index (χ1) is 10.8. The molecule has 23 heavy (non-hydrogen) atoms. The summed E-state index contributed by atoms with van der Waals surface area (Å²) in [6.07, 6.45) is 0.890. The molecule has 0 radical (unpaired) electrons. The van der Waals surface area contributed by atoms with E-state index < -0.39 is 21.9 Å². The lowest BCUT2D eigenvalue weighted by atomic mass is 10.2. The van der Waals surface area contributed by atoms with Crippen LogP contribution in [0, 0.1) is 0 Å². The maximum absolute atomic E-state index is 12.5. The van der Waals surface area contributed by atoms with Crippen LogP contribution in [0.25, 0.3) is 0 Å². The van der Waals surface area contributed by atoms with Crippen molar-refractivity contribution < 1.29 is 22.7 Å². The van der Waals surface area contributed by atoms with E-state index in [2.05, 4.69) is 4.98 Å². The molecule has 1 aliphatic rings. The normalized spacial score (nSPS) is 20.7. The zero-order valence-electron chi connectivity index (χ0n) is 13.1. The fraction of sp³-hybridized carbons (Fsp3) is 0.533. The summed E-state index contributed by atoms with van der Waals surface area (Å²) in [4.78, 5) is 29.8. The minimum absolute atomic E-state index is 0.0342. The smallest absolute Gasteiger partial charge is 0.357 e. The van der Waals surface area contributed by atoms with Crippen molar-refractivity contribution in [2.75, 3.05) is 18.1 Å². The maximum Gasteiger partial charge on any atom is 0.357 e. The molecule has 0 aliphatic carbocycles. The standard InChI is InChI=1S/C15H20N2O5S/c1-3-17(12-7-9-23(20,21)10-12)14(18)11(2)22-15(19)13-6-4-5-8-16-13/h4-6,8,11-12H,3,7,9-10H2,1-2H3/t11-,12+/m0/s1. The van der Waals surface area contributed by atoms with Crippen LogP contribution in [0.2, 0.25) is 0 Å². The highest BCUT2D eigenvalue weighted by molar-refractivity contribution is 7.91. The van der Waals surface area contributed by atoms with Crippen LogP contribution < -0.4 is 0 Å². The Kier molecular flexibility index (Phi) is 5.35. The number of carbonyl (C=O) groups excluding carboxylic acids is 2. The average Bonchev–Trinajstić information content (AvgIpc) is 2.88. The molecule has 2 heterocycles. The monoisotopic (exact) mass is 340 g/mol. The van der Waals surface area contributed by atoms with Gasteiger partial charge in [-0.15, -0.1) is 0 Å². The maximum atomic E-state index is 12.5. The summed E-state index contributed by atoms with van der Waals surface area (Å²) in [7, 11) is -3.09. The number of likely N-dealkylation sites (N-methyl/N-ethyl adjacent to an activating group) is 1. The first-order valence-electron chi connectivity index (χ1n) is 7.47. The van der Waals surface area contributed by atoms with E-state index in [4.69, 9.17) is 4.74 Å². The number of hydrogen-bond donors (Lipinski definition) is 0. The molecular formula is C15H20N2O5S. The number of carbonyl (C=O) groups is 2. The molecule has 8 heteroatoms. The summed E-state index contributed by atoms with van der Waals surface area (Å²) >= 11 is 0. The number of rotatable bonds is 5.